The molecule has 2 aromatic carbocycles. The van der Waals surface area contributed by atoms with Gasteiger partial charge in [0, 0.05) is 12.6 Å². The van der Waals surface area contributed by atoms with E-state index >= 15 is 0 Å². The Bertz CT molecular complexity index is 1120. The van der Waals surface area contributed by atoms with E-state index in [2.05, 4.69) is 5.32 Å². The Hall–Kier alpha value is -3.27. The van der Waals surface area contributed by atoms with Crippen LogP contribution in [0.25, 0.3) is 0 Å². The number of rotatable bonds is 13. The third-order valence-electron chi connectivity index (χ3n) is 5.91. The maximum Gasteiger partial charge on any atom is 0.244 e. The highest BCUT2D eigenvalue weighted by atomic mass is 32.2. The SMILES string of the molecule is CC[C@H](C(=O)N[C@@H](C)CC)N(Cc1cccc(OC)c1)C(=O)CN(c1ccc(OC)cc1)S(C)(=O)=O. The van der Waals surface area contributed by atoms with Crippen molar-refractivity contribution in [1.82, 2.24) is 10.2 Å². The molecule has 0 aliphatic carbocycles. The number of hydrogen-bond acceptors (Lipinski definition) is 6. The Balaban J connectivity index is 2.44. The maximum absolute atomic E-state index is 13.7. The zero-order chi connectivity index (χ0) is 26.9. The summed E-state index contributed by atoms with van der Waals surface area (Å²) in [6.07, 6.45) is 2.15. The molecular formula is C26H37N3O6S. The summed E-state index contributed by atoms with van der Waals surface area (Å²) in [6.45, 7) is 5.34. The lowest BCUT2D eigenvalue weighted by molar-refractivity contribution is -0.140. The molecule has 0 aliphatic heterocycles. The molecule has 198 valence electrons. The second-order valence-corrected chi connectivity index (χ2v) is 10.5. The first-order valence-corrected chi connectivity index (χ1v) is 13.7. The normalized spacial score (nSPS) is 12.8. The molecule has 10 heteroatoms. The fourth-order valence-corrected chi connectivity index (χ4v) is 4.54. The molecule has 2 amide bonds. The topological polar surface area (TPSA) is 105 Å². The number of carbonyl (C=O) groups is 2. The largest absolute Gasteiger partial charge is 0.497 e. The van der Waals surface area contributed by atoms with Gasteiger partial charge in [0.05, 0.1) is 26.2 Å². The lowest BCUT2D eigenvalue weighted by Crippen LogP contribution is -2.53. The molecule has 0 bridgehead atoms. The summed E-state index contributed by atoms with van der Waals surface area (Å²) >= 11 is 0. The number of nitrogens with one attached hydrogen (secondary N) is 1. The van der Waals surface area contributed by atoms with Gasteiger partial charge >= 0.3 is 0 Å². The van der Waals surface area contributed by atoms with Gasteiger partial charge in [-0.1, -0.05) is 26.0 Å². The second-order valence-electron chi connectivity index (χ2n) is 8.58. The van der Waals surface area contributed by atoms with Crippen LogP contribution in [0.2, 0.25) is 0 Å². The predicted molar refractivity (Wildman–Crippen MR) is 141 cm³/mol. The molecule has 0 saturated heterocycles. The minimum Gasteiger partial charge on any atom is -0.497 e. The average molecular weight is 520 g/mol. The minimum atomic E-state index is -3.80. The number of ether oxygens (including phenoxy) is 2. The van der Waals surface area contributed by atoms with Crippen molar-refractivity contribution in [3.8, 4) is 11.5 Å². The molecule has 0 heterocycles. The van der Waals surface area contributed by atoms with E-state index in [0.717, 1.165) is 22.5 Å². The number of benzene rings is 2. The first kappa shape index (κ1) is 29.0. The van der Waals surface area contributed by atoms with Crippen molar-refractivity contribution in [2.45, 2.75) is 52.2 Å². The van der Waals surface area contributed by atoms with Gasteiger partial charge < -0.3 is 19.7 Å². The fourth-order valence-electron chi connectivity index (χ4n) is 3.69. The standard InChI is InChI=1S/C26H37N3O6S/c1-7-19(3)27-26(31)24(8-2)28(17-20-10-9-11-23(16-20)35-5)25(30)18-29(36(6,32)33)21-12-14-22(34-4)15-13-21/h9-16,19,24H,7-8,17-18H2,1-6H3,(H,27,31)/t19-,24+/m0/s1. The van der Waals surface area contributed by atoms with E-state index < -0.39 is 28.5 Å². The highest BCUT2D eigenvalue weighted by Gasteiger charge is 2.32. The van der Waals surface area contributed by atoms with Crippen molar-refractivity contribution in [2.75, 3.05) is 31.3 Å². The highest BCUT2D eigenvalue weighted by Crippen LogP contribution is 2.23. The van der Waals surface area contributed by atoms with Gasteiger partial charge in [0.2, 0.25) is 21.8 Å². The molecule has 0 saturated carbocycles. The molecule has 1 N–H and O–H groups in total. The van der Waals surface area contributed by atoms with Crippen LogP contribution in [0.15, 0.2) is 48.5 Å². The zero-order valence-electron chi connectivity index (χ0n) is 21.9. The van der Waals surface area contributed by atoms with Crippen LogP contribution < -0.4 is 19.1 Å². The van der Waals surface area contributed by atoms with Gasteiger partial charge in [-0.25, -0.2) is 8.42 Å². The van der Waals surface area contributed by atoms with Crippen molar-refractivity contribution >= 4 is 27.5 Å². The summed E-state index contributed by atoms with van der Waals surface area (Å²) < 4.78 is 36.8. The first-order valence-electron chi connectivity index (χ1n) is 11.9. The summed E-state index contributed by atoms with van der Waals surface area (Å²) in [6, 6.07) is 12.8. The third-order valence-corrected chi connectivity index (χ3v) is 7.05. The number of carbonyl (C=O) groups excluding carboxylic acids is 2. The van der Waals surface area contributed by atoms with Gasteiger partial charge in [-0.05, 0) is 61.7 Å². The van der Waals surface area contributed by atoms with Crippen molar-refractivity contribution in [3.05, 3.63) is 54.1 Å². The van der Waals surface area contributed by atoms with Crippen LogP contribution in [0.3, 0.4) is 0 Å². The van der Waals surface area contributed by atoms with E-state index in [1.165, 1.54) is 12.0 Å². The van der Waals surface area contributed by atoms with Crippen LogP contribution in [0.5, 0.6) is 11.5 Å². The smallest absolute Gasteiger partial charge is 0.244 e. The number of anilines is 1. The first-order chi connectivity index (χ1) is 17.0. The number of amides is 2. The van der Waals surface area contributed by atoms with E-state index in [9.17, 15) is 18.0 Å². The van der Waals surface area contributed by atoms with Crippen molar-refractivity contribution in [1.29, 1.82) is 0 Å². The van der Waals surface area contributed by atoms with Crippen molar-refractivity contribution in [2.24, 2.45) is 0 Å². The van der Waals surface area contributed by atoms with E-state index in [0.29, 0.717) is 23.6 Å². The summed E-state index contributed by atoms with van der Waals surface area (Å²) in [5, 5.41) is 2.95. The summed E-state index contributed by atoms with van der Waals surface area (Å²) in [5.41, 5.74) is 1.08. The second kappa shape index (κ2) is 13.2. The van der Waals surface area contributed by atoms with Gasteiger partial charge in [-0.3, -0.25) is 13.9 Å². The van der Waals surface area contributed by atoms with Gasteiger partial charge in [0.25, 0.3) is 0 Å². The number of sulfonamides is 1. The van der Waals surface area contributed by atoms with Gasteiger partial charge in [0.1, 0.15) is 24.1 Å². The fraction of sp³-hybridized carbons (Fsp3) is 0.462. The van der Waals surface area contributed by atoms with Gasteiger partial charge in [-0.2, -0.15) is 0 Å². The molecule has 2 atom stereocenters. The molecule has 0 aliphatic rings. The summed E-state index contributed by atoms with van der Waals surface area (Å²) in [4.78, 5) is 28.3. The van der Waals surface area contributed by atoms with E-state index in [1.54, 1.807) is 49.6 Å². The van der Waals surface area contributed by atoms with Crippen LogP contribution in [0, 0.1) is 0 Å². The molecule has 9 nitrogen and oxygen atoms in total. The van der Waals surface area contributed by atoms with E-state index in [1.807, 2.05) is 26.8 Å². The highest BCUT2D eigenvalue weighted by molar-refractivity contribution is 7.92. The van der Waals surface area contributed by atoms with Crippen molar-refractivity contribution < 1.29 is 27.5 Å². The molecule has 2 rings (SSSR count). The monoisotopic (exact) mass is 519 g/mol. The number of hydrogen-bond donors (Lipinski definition) is 1. The quantitative estimate of drug-likeness (QED) is 0.436. The van der Waals surface area contributed by atoms with Crippen LogP contribution in [-0.4, -0.2) is 64.2 Å². The molecule has 36 heavy (non-hydrogen) atoms. The maximum atomic E-state index is 13.7. The number of nitrogens with zero attached hydrogens (tertiary/aromatic N) is 2. The predicted octanol–water partition coefficient (Wildman–Crippen LogP) is 3.19. The van der Waals surface area contributed by atoms with Crippen LogP contribution in [0.4, 0.5) is 5.69 Å². The Morgan fingerprint density at radius 3 is 2.14 bits per heavy atom. The van der Waals surface area contributed by atoms with Gasteiger partial charge in [0.15, 0.2) is 0 Å². The molecular weight excluding hydrogens is 482 g/mol. The Labute approximate surface area is 214 Å². The molecule has 0 aromatic heterocycles. The number of methoxy groups -OCH3 is 2. The lowest BCUT2D eigenvalue weighted by atomic mass is 10.1. The van der Waals surface area contributed by atoms with E-state index in [4.69, 9.17) is 9.47 Å². The Kier molecular flexibility index (Phi) is 10.6. The minimum absolute atomic E-state index is 0.0628. The molecule has 0 spiro atoms. The van der Waals surface area contributed by atoms with Crippen LogP contribution in [-0.2, 0) is 26.2 Å². The molecule has 0 radical (unpaired) electrons. The van der Waals surface area contributed by atoms with Crippen LogP contribution >= 0.6 is 0 Å². The molecule has 2 aromatic rings. The van der Waals surface area contributed by atoms with Gasteiger partial charge in [-0.15, -0.1) is 0 Å². The Morgan fingerprint density at radius 1 is 0.972 bits per heavy atom. The Morgan fingerprint density at radius 2 is 1.61 bits per heavy atom. The summed E-state index contributed by atoms with van der Waals surface area (Å²) in [5.74, 6) is 0.405. The van der Waals surface area contributed by atoms with Crippen molar-refractivity contribution in [3.63, 3.8) is 0 Å². The lowest BCUT2D eigenvalue weighted by Gasteiger charge is -2.33. The van der Waals surface area contributed by atoms with E-state index in [-0.39, 0.29) is 18.5 Å². The summed E-state index contributed by atoms with van der Waals surface area (Å²) in [7, 11) is -0.737. The zero-order valence-corrected chi connectivity index (χ0v) is 22.7. The third kappa shape index (κ3) is 7.87. The average Bonchev–Trinajstić information content (AvgIpc) is 2.86. The molecule has 0 fully saturated rings. The van der Waals surface area contributed by atoms with Crippen LogP contribution in [0.1, 0.15) is 39.2 Å². The molecule has 0 unspecified atom stereocenters.